The van der Waals surface area contributed by atoms with Crippen molar-refractivity contribution in [2.75, 3.05) is 0 Å². The Bertz CT molecular complexity index is 817. The summed E-state index contributed by atoms with van der Waals surface area (Å²) in [5, 5.41) is 6.43. The monoisotopic (exact) mass is 376 g/mol. The van der Waals surface area contributed by atoms with Gasteiger partial charge in [0, 0.05) is 11.3 Å². The lowest BCUT2D eigenvalue weighted by Gasteiger charge is -2.39. The minimum atomic E-state index is -3.53. The van der Waals surface area contributed by atoms with Crippen LogP contribution in [0.5, 0.6) is 0 Å². The Labute approximate surface area is 157 Å². The summed E-state index contributed by atoms with van der Waals surface area (Å²) >= 11 is 0. The lowest BCUT2D eigenvalue weighted by atomic mass is 9.80. The fraction of sp³-hybridized carbons (Fsp3) is 0.550. The summed E-state index contributed by atoms with van der Waals surface area (Å²) in [5.74, 6) is 0. The van der Waals surface area contributed by atoms with Crippen LogP contribution >= 0.6 is 7.44 Å². The van der Waals surface area contributed by atoms with Gasteiger partial charge in [-0.05, 0) is 61.8 Å². The fourth-order valence-corrected chi connectivity index (χ4v) is 6.34. The number of H-pyrrole nitrogens is 1. The van der Waals surface area contributed by atoms with Gasteiger partial charge >= 0.3 is 0 Å². The molecule has 1 unspecified atom stereocenters. The van der Waals surface area contributed by atoms with Crippen molar-refractivity contribution in [2.45, 2.75) is 72.4 Å². The van der Waals surface area contributed by atoms with Gasteiger partial charge in [-0.25, -0.2) is 0 Å². The van der Waals surface area contributed by atoms with Gasteiger partial charge in [-0.3, -0.25) is 20.7 Å². The maximum atomic E-state index is 13.4. The summed E-state index contributed by atoms with van der Waals surface area (Å²) in [6, 6.07) is 4.25. The number of hydrogen-bond donors (Lipinski definition) is 3. The molecule has 0 fully saturated rings. The molecular formula is C20H33N4OP. The number of nitrogens with two attached hydrogens (primary N) is 2. The average molecular weight is 376 g/mol. The number of nitrogens with zero attached hydrogens (tertiary/aromatic N) is 1. The Morgan fingerprint density at radius 3 is 2.04 bits per heavy atom. The lowest BCUT2D eigenvalue weighted by Crippen LogP contribution is -2.36. The molecule has 1 aromatic heterocycles. The van der Waals surface area contributed by atoms with Gasteiger partial charge in [-0.15, -0.1) is 0 Å². The number of aromatic nitrogens is 2. The molecule has 0 aliphatic rings. The van der Waals surface area contributed by atoms with Gasteiger partial charge in [0.25, 0.3) is 0 Å². The molecular weight excluding hydrogens is 343 g/mol. The van der Waals surface area contributed by atoms with E-state index in [1.54, 1.807) is 0 Å². The van der Waals surface area contributed by atoms with E-state index in [2.05, 4.69) is 43.1 Å². The summed E-state index contributed by atoms with van der Waals surface area (Å²) < 4.78 is 13.4. The summed E-state index contributed by atoms with van der Waals surface area (Å²) in [6.45, 7) is 12.4. The van der Waals surface area contributed by atoms with Crippen molar-refractivity contribution in [1.29, 1.82) is 0 Å². The van der Waals surface area contributed by atoms with E-state index in [4.69, 9.17) is 11.0 Å². The van der Waals surface area contributed by atoms with E-state index in [9.17, 15) is 4.57 Å². The second-order valence-corrected chi connectivity index (χ2v) is 9.20. The van der Waals surface area contributed by atoms with E-state index in [1.807, 2.05) is 20.8 Å². The minimum Gasteiger partial charge on any atom is -0.288 e. The molecule has 1 aromatic carbocycles. The molecule has 2 rings (SSSR count). The van der Waals surface area contributed by atoms with E-state index in [0.717, 1.165) is 41.8 Å². The molecule has 5 nitrogen and oxygen atoms in total. The Morgan fingerprint density at radius 2 is 1.65 bits per heavy atom. The molecule has 6 heteroatoms. The summed E-state index contributed by atoms with van der Waals surface area (Å²) in [5.41, 5.74) is 20.0. The second-order valence-electron chi connectivity index (χ2n) is 7.02. The van der Waals surface area contributed by atoms with Crippen molar-refractivity contribution in [1.82, 2.24) is 10.2 Å². The number of rotatable bonds is 7. The van der Waals surface area contributed by atoms with E-state index >= 15 is 0 Å². The third-order valence-electron chi connectivity index (χ3n) is 5.71. The number of nitrogens with one attached hydrogen (secondary N) is 1. The summed E-state index contributed by atoms with van der Waals surface area (Å²) in [6.07, 6.45) is 3.31. The van der Waals surface area contributed by atoms with Crippen molar-refractivity contribution >= 4 is 7.44 Å². The highest BCUT2D eigenvalue weighted by Crippen LogP contribution is 2.60. The Morgan fingerprint density at radius 1 is 1.04 bits per heavy atom. The maximum Gasteiger partial charge on any atom is 0.220 e. The number of aryl methyl sites for hydroxylation is 3. The first-order valence-electron chi connectivity index (χ1n) is 9.52. The maximum absolute atomic E-state index is 13.4. The standard InChI is InChI=1S/C20H33N4OP/c1-7-15-11-12-18(17(9-3)16(15)8-2)20(10-4,26(21,22)25)19-13(5)23-24-14(19)6/h11-12H,7-10H2,1-6H3,(H,23,24)(H4,21,22,25). The smallest absolute Gasteiger partial charge is 0.220 e. The third kappa shape index (κ3) is 3.06. The zero-order valence-electron chi connectivity index (χ0n) is 16.9. The van der Waals surface area contributed by atoms with Crippen LogP contribution in [0.1, 0.15) is 73.3 Å². The molecule has 0 saturated heterocycles. The van der Waals surface area contributed by atoms with Crippen molar-refractivity contribution in [2.24, 2.45) is 11.0 Å². The molecule has 0 spiro atoms. The quantitative estimate of drug-likeness (QED) is 0.621. The molecule has 2 aromatic rings. The Balaban J connectivity index is 3.00. The fourth-order valence-electron chi connectivity index (χ4n) is 4.58. The van der Waals surface area contributed by atoms with Gasteiger partial charge in [0.2, 0.25) is 7.44 Å². The van der Waals surface area contributed by atoms with Crippen molar-refractivity contribution in [3.05, 3.63) is 51.3 Å². The predicted molar refractivity (Wildman–Crippen MR) is 110 cm³/mol. The first kappa shape index (κ1) is 20.9. The predicted octanol–water partition coefficient (Wildman–Crippen LogP) is 4.48. The normalized spacial score (nSPS) is 14.5. The van der Waals surface area contributed by atoms with Crippen molar-refractivity contribution in [3.63, 3.8) is 0 Å². The number of aromatic amines is 1. The molecule has 0 saturated carbocycles. The zero-order chi connectivity index (χ0) is 19.7. The van der Waals surface area contributed by atoms with Gasteiger partial charge < -0.3 is 0 Å². The summed E-state index contributed by atoms with van der Waals surface area (Å²) in [7, 11) is -3.53. The minimum absolute atomic E-state index is 0.556. The van der Waals surface area contributed by atoms with Crippen LogP contribution in [0.15, 0.2) is 12.1 Å². The molecule has 26 heavy (non-hydrogen) atoms. The third-order valence-corrected chi connectivity index (χ3v) is 7.69. The highest BCUT2D eigenvalue weighted by Gasteiger charge is 2.49. The first-order chi connectivity index (χ1) is 12.2. The molecule has 0 bridgehead atoms. The van der Waals surface area contributed by atoms with Gasteiger partial charge in [0.1, 0.15) is 5.16 Å². The molecule has 144 valence electrons. The van der Waals surface area contributed by atoms with Crippen LogP contribution in [0, 0.1) is 13.8 Å². The largest absolute Gasteiger partial charge is 0.288 e. The average Bonchev–Trinajstić information content (AvgIpc) is 2.93. The van der Waals surface area contributed by atoms with Crippen molar-refractivity contribution < 1.29 is 4.57 Å². The van der Waals surface area contributed by atoms with E-state index in [0.29, 0.717) is 6.42 Å². The SMILES string of the molecule is CCc1ccc(C(CC)(c2c(C)n[nH]c2C)P(N)(N)=O)c(CC)c1CC. The van der Waals surface area contributed by atoms with Crippen LogP contribution in [0.4, 0.5) is 0 Å². The number of hydrogen-bond acceptors (Lipinski definition) is 2. The Hall–Kier alpha value is -1.42. The first-order valence-corrected chi connectivity index (χ1v) is 11.4. The highest BCUT2D eigenvalue weighted by atomic mass is 31.2. The molecule has 0 radical (unpaired) electrons. The molecule has 0 aliphatic carbocycles. The van der Waals surface area contributed by atoms with Gasteiger partial charge in [0.05, 0.1) is 5.69 Å². The molecule has 5 N–H and O–H groups in total. The van der Waals surface area contributed by atoms with Crippen LogP contribution in [0.2, 0.25) is 0 Å². The van der Waals surface area contributed by atoms with Gasteiger partial charge in [0.15, 0.2) is 0 Å². The lowest BCUT2D eigenvalue weighted by molar-refractivity contribution is 0.535. The van der Waals surface area contributed by atoms with Gasteiger partial charge in [-0.1, -0.05) is 39.8 Å². The second kappa shape index (κ2) is 7.67. The van der Waals surface area contributed by atoms with Crippen LogP contribution in [0.25, 0.3) is 0 Å². The van der Waals surface area contributed by atoms with Gasteiger partial charge in [-0.2, -0.15) is 5.10 Å². The van der Waals surface area contributed by atoms with E-state index in [-0.39, 0.29) is 0 Å². The van der Waals surface area contributed by atoms with Crippen LogP contribution in [-0.2, 0) is 29.0 Å². The summed E-state index contributed by atoms with van der Waals surface area (Å²) in [4.78, 5) is 0. The Kier molecular flexibility index (Phi) is 6.17. The molecule has 1 heterocycles. The van der Waals surface area contributed by atoms with E-state index in [1.165, 1.54) is 16.7 Å². The highest BCUT2D eigenvalue weighted by molar-refractivity contribution is 7.60. The van der Waals surface area contributed by atoms with E-state index < -0.39 is 12.6 Å². The van der Waals surface area contributed by atoms with Crippen LogP contribution in [0.3, 0.4) is 0 Å². The molecule has 0 aliphatic heterocycles. The topological polar surface area (TPSA) is 97.8 Å². The zero-order valence-corrected chi connectivity index (χ0v) is 17.8. The molecule has 1 atom stereocenters. The molecule has 0 amide bonds. The van der Waals surface area contributed by atoms with Crippen LogP contribution in [-0.4, -0.2) is 10.2 Å². The van der Waals surface area contributed by atoms with Crippen molar-refractivity contribution in [3.8, 4) is 0 Å². The van der Waals surface area contributed by atoms with Crippen LogP contribution < -0.4 is 11.0 Å². The number of benzene rings is 1.